The second-order valence-corrected chi connectivity index (χ2v) is 5.87. The average Bonchev–Trinajstić information content (AvgIpc) is 2.73. The van der Waals surface area contributed by atoms with Crippen molar-refractivity contribution in [3.63, 3.8) is 0 Å². The summed E-state index contributed by atoms with van der Waals surface area (Å²) in [5.74, 6) is -0.941. The number of nitrogens with zero attached hydrogens (tertiary/aromatic N) is 2. The highest BCUT2D eigenvalue weighted by molar-refractivity contribution is 7.99. The third kappa shape index (κ3) is 2.52. The quantitative estimate of drug-likeness (QED) is 0.800. The Kier molecular flexibility index (Phi) is 3.43. The Morgan fingerprint density at radius 2 is 1.90 bits per heavy atom. The van der Waals surface area contributed by atoms with Gasteiger partial charge in [0, 0.05) is 11.9 Å². The first kappa shape index (κ1) is 13.7. The molecule has 3 aromatic rings. The van der Waals surface area contributed by atoms with Gasteiger partial charge < -0.3 is 5.11 Å². The molecule has 0 amide bonds. The Hall–Kier alpha value is -2.27. The fourth-order valence-electron chi connectivity index (χ4n) is 2.34. The van der Waals surface area contributed by atoms with Crippen LogP contribution in [-0.4, -0.2) is 20.9 Å². The van der Waals surface area contributed by atoms with Crippen LogP contribution >= 0.6 is 11.8 Å². The summed E-state index contributed by atoms with van der Waals surface area (Å²) in [6.07, 6.45) is 0. The highest BCUT2D eigenvalue weighted by Gasteiger charge is 2.20. The third-order valence-electron chi connectivity index (χ3n) is 3.32. The van der Waals surface area contributed by atoms with E-state index in [1.807, 2.05) is 30.3 Å². The number of aryl methyl sites for hydroxylation is 2. The molecule has 0 atom stereocenters. The van der Waals surface area contributed by atoms with Crippen molar-refractivity contribution in [1.29, 1.82) is 0 Å². The van der Waals surface area contributed by atoms with Crippen LogP contribution in [0.2, 0.25) is 0 Å². The van der Waals surface area contributed by atoms with Crippen LogP contribution in [0.25, 0.3) is 10.8 Å². The largest absolute Gasteiger partial charge is 0.478 e. The zero-order valence-electron chi connectivity index (χ0n) is 11.7. The Labute approximate surface area is 126 Å². The van der Waals surface area contributed by atoms with Crippen molar-refractivity contribution >= 4 is 28.5 Å². The minimum atomic E-state index is -0.941. The Balaban J connectivity index is 2.04. The van der Waals surface area contributed by atoms with Gasteiger partial charge in [-0.2, -0.15) is 5.10 Å². The van der Waals surface area contributed by atoms with Gasteiger partial charge in [0.25, 0.3) is 0 Å². The number of carboxylic acid groups (broad SMARTS) is 1. The number of hydrogen-bond donors (Lipinski definition) is 1. The van der Waals surface area contributed by atoms with E-state index in [1.54, 1.807) is 18.7 Å². The predicted octanol–water partition coefficient (Wildman–Crippen LogP) is 3.73. The van der Waals surface area contributed by atoms with E-state index in [9.17, 15) is 9.90 Å². The maximum atomic E-state index is 11.4. The number of aromatic nitrogens is 2. The molecule has 0 radical (unpaired) electrons. The van der Waals surface area contributed by atoms with Crippen LogP contribution in [-0.2, 0) is 7.05 Å². The lowest BCUT2D eigenvalue weighted by Crippen LogP contribution is -2.00. The van der Waals surface area contributed by atoms with Gasteiger partial charge in [-0.1, -0.05) is 42.1 Å². The van der Waals surface area contributed by atoms with Gasteiger partial charge >= 0.3 is 5.97 Å². The number of fused-ring (bicyclic) bond motifs is 1. The number of hydrogen-bond acceptors (Lipinski definition) is 3. The lowest BCUT2D eigenvalue weighted by atomic mass is 10.1. The molecular formula is C16H14N2O2S. The molecule has 21 heavy (non-hydrogen) atoms. The van der Waals surface area contributed by atoms with Gasteiger partial charge in [-0.05, 0) is 29.8 Å². The zero-order chi connectivity index (χ0) is 15.0. The molecule has 106 valence electrons. The smallest absolute Gasteiger partial charge is 0.340 e. The van der Waals surface area contributed by atoms with Crippen LogP contribution < -0.4 is 0 Å². The van der Waals surface area contributed by atoms with Gasteiger partial charge in [0.05, 0.1) is 5.69 Å². The molecule has 1 aromatic heterocycles. The van der Waals surface area contributed by atoms with Crippen LogP contribution in [0.3, 0.4) is 0 Å². The molecular weight excluding hydrogens is 284 g/mol. The summed E-state index contributed by atoms with van der Waals surface area (Å²) < 4.78 is 1.62. The van der Waals surface area contributed by atoms with Crippen molar-refractivity contribution in [2.75, 3.05) is 0 Å². The normalized spacial score (nSPS) is 11.0. The first-order valence-electron chi connectivity index (χ1n) is 6.50. The van der Waals surface area contributed by atoms with Crippen LogP contribution in [0.5, 0.6) is 0 Å². The van der Waals surface area contributed by atoms with Crippen LogP contribution in [0.1, 0.15) is 16.1 Å². The molecule has 0 unspecified atom stereocenters. The van der Waals surface area contributed by atoms with E-state index < -0.39 is 5.97 Å². The monoisotopic (exact) mass is 298 g/mol. The first-order chi connectivity index (χ1) is 10.1. The van der Waals surface area contributed by atoms with Gasteiger partial charge in [0.2, 0.25) is 0 Å². The van der Waals surface area contributed by atoms with Crippen molar-refractivity contribution in [2.24, 2.45) is 7.05 Å². The van der Waals surface area contributed by atoms with Crippen LogP contribution in [0.15, 0.2) is 52.4 Å². The molecule has 0 aliphatic carbocycles. The number of rotatable bonds is 3. The minimum absolute atomic E-state index is 0.274. The number of carbonyl (C=O) groups is 1. The van der Waals surface area contributed by atoms with Crippen molar-refractivity contribution < 1.29 is 9.90 Å². The highest BCUT2D eigenvalue weighted by Crippen LogP contribution is 2.33. The lowest BCUT2D eigenvalue weighted by molar-refractivity contribution is 0.0692. The molecule has 4 nitrogen and oxygen atoms in total. The summed E-state index contributed by atoms with van der Waals surface area (Å²) in [7, 11) is 1.77. The molecule has 0 fully saturated rings. The van der Waals surface area contributed by atoms with E-state index in [-0.39, 0.29) is 5.56 Å². The molecule has 1 heterocycles. The average molecular weight is 298 g/mol. The third-order valence-corrected chi connectivity index (χ3v) is 4.47. The van der Waals surface area contributed by atoms with E-state index in [2.05, 4.69) is 17.2 Å². The maximum absolute atomic E-state index is 11.4. The molecule has 0 saturated heterocycles. The second-order valence-electron chi connectivity index (χ2n) is 4.81. The number of aromatic carboxylic acids is 1. The van der Waals surface area contributed by atoms with Crippen molar-refractivity contribution in [3.8, 4) is 0 Å². The van der Waals surface area contributed by atoms with Gasteiger partial charge in [-0.25, -0.2) is 4.79 Å². The molecule has 2 aromatic carbocycles. The van der Waals surface area contributed by atoms with E-state index >= 15 is 0 Å². The van der Waals surface area contributed by atoms with E-state index in [0.29, 0.717) is 10.7 Å². The first-order valence-corrected chi connectivity index (χ1v) is 7.31. The topological polar surface area (TPSA) is 55.1 Å². The van der Waals surface area contributed by atoms with Crippen molar-refractivity contribution in [1.82, 2.24) is 9.78 Å². The van der Waals surface area contributed by atoms with Gasteiger partial charge in [-0.3, -0.25) is 4.68 Å². The lowest BCUT2D eigenvalue weighted by Gasteiger charge is -2.05. The maximum Gasteiger partial charge on any atom is 0.340 e. The molecule has 1 N–H and O–H groups in total. The fraction of sp³-hybridized carbons (Fsp3) is 0.125. The summed E-state index contributed by atoms with van der Waals surface area (Å²) in [4.78, 5) is 12.4. The SMILES string of the molecule is Cc1nn(C)c(Sc2ccc3ccccc3c2)c1C(=O)O. The highest BCUT2D eigenvalue weighted by atomic mass is 32.2. The van der Waals surface area contributed by atoms with E-state index in [0.717, 1.165) is 10.3 Å². The summed E-state index contributed by atoms with van der Waals surface area (Å²) in [6.45, 7) is 1.72. The molecule has 0 spiro atoms. The Morgan fingerprint density at radius 3 is 2.62 bits per heavy atom. The van der Waals surface area contributed by atoms with Gasteiger partial charge in [0.15, 0.2) is 0 Å². The van der Waals surface area contributed by atoms with Crippen molar-refractivity contribution in [3.05, 3.63) is 53.7 Å². The van der Waals surface area contributed by atoms with Crippen LogP contribution in [0.4, 0.5) is 0 Å². The minimum Gasteiger partial charge on any atom is -0.478 e. The fourth-order valence-corrected chi connectivity index (χ4v) is 3.40. The Morgan fingerprint density at radius 1 is 1.19 bits per heavy atom. The van der Waals surface area contributed by atoms with Crippen LogP contribution in [0, 0.1) is 6.92 Å². The summed E-state index contributed by atoms with van der Waals surface area (Å²) in [6, 6.07) is 14.2. The number of carboxylic acids is 1. The molecule has 0 saturated carbocycles. The van der Waals surface area contributed by atoms with Crippen molar-refractivity contribution in [2.45, 2.75) is 16.8 Å². The van der Waals surface area contributed by atoms with E-state index in [1.165, 1.54) is 17.1 Å². The number of benzene rings is 2. The van der Waals surface area contributed by atoms with Gasteiger partial charge in [0.1, 0.15) is 10.6 Å². The molecule has 0 aliphatic rings. The predicted molar refractivity (Wildman–Crippen MR) is 83.0 cm³/mol. The Bertz CT molecular complexity index is 839. The second kappa shape index (κ2) is 5.26. The summed E-state index contributed by atoms with van der Waals surface area (Å²) >= 11 is 1.42. The van der Waals surface area contributed by atoms with Gasteiger partial charge in [-0.15, -0.1) is 0 Å². The standard InChI is InChI=1S/C16H14N2O2S/c1-10-14(16(19)20)15(18(2)17-10)21-13-8-7-11-5-3-4-6-12(11)9-13/h3-9H,1-2H3,(H,19,20). The molecule has 0 aliphatic heterocycles. The summed E-state index contributed by atoms with van der Waals surface area (Å²) in [5.41, 5.74) is 0.809. The zero-order valence-corrected chi connectivity index (χ0v) is 12.5. The molecule has 5 heteroatoms. The molecule has 0 bridgehead atoms. The van der Waals surface area contributed by atoms with E-state index in [4.69, 9.17) is 0 Å². The summed E-state index contributed by atoms with van der Waals surface area (Å²) in [5, 5.41) is 16.5. The molecule has 3 rings (SSSR count).